The fourth-order valence-electron chi connectivity index (χ4n) is 2.93. The van der Waals surface area contributed by atoms with Gasteiger partial charge < -0.3 is 4.98 Å². The fraction of sp³-hybridized carbons (Fsp3) is 0. The molecule has 154 valence electrons. The van der Waals surface area contributed by atoms with Crippen LogP contribution in [0.2, 0.25) is 0 Å². The lowest BCUT2D eigenvalue weighted by Gasteiger charge is -2.11. The number of anilines is 1. The van der Waals surface area contributed by atoms with Crippen molar-refractivity contribution >= 4 is 32.5 Å². The third-order valence-corrected chi connectivity index (χ3v) is 5.66. The number of hydrogen-bond donors (Lipinski definition) is 2. The molecular weight excluding hydrogens is 428 g/mol. The summed E-state index contributed by atoms with van der Waals surface area (Å²) in [6, 6.07) is 9.00. The van der Waals surface area contributed by atoms with E-state index in [0.29, 0.717) is 0 Å². The molecule has 0 unspecified atom stereocenters. The maximum Gasteiger partial charge on any atom is 0.279 e. The first-order chi connectivity index (χ1) is 14.8. The Morgan fingerprint density at radius 2 is 1.97 bits per heavy atom. The number of benzene rings is 1. The van der Waals surface area contributed by atoms with Crippen LogP contribution in [0.25, 0.3) is 11.0 Å². The van der Waals surface area contributed by atoms with Crippen molar-refractivity contribution in [1.82, 2.24) is 15.0 Å². The number of ketones is 1. The van der Waals surface area contributed by atoms with Gasteiger partial charge in [-0.25, -0.2) is 18.7 Å². The van der Waals surface area contributed by atoms with Gasteiger partial charge in [0.15, 0.2) is 10.8 Å². The number of pyridine rings is 2. The molecule has 0 aliphatic rings. The number of hydrogen-bond acceptors (Lipinski definition) is 6. The largest absolute Gasteiger partial charge is 0.345 e. The zero-order valence-corrected chi connectivity index (χ0v) is 16.2. The van der Waals surface area contributed by atoms with Crippen molar-refractivity contribution in [1.29, 1.82) is 5.26 Å². The minimum atomic E-state index is -4.28. The summed E-state index contributed by atoms with van der Waals surface area (Å²) in [7, 11) is -4.28. The SMILES string of the molecule is N#Cc1cnc2[nH]cc(C(=O)c3c(F)ccc(NS(=O)(=O)c4ccccn4)c3F)c2c1. The van der Waals surface area contributed by atoms with Gasteiger partial charge in [-0.05, 0) is 30.3 Å². The molecule has 0 aliphatic heterocycles. The van der Waals surface area contributed by atoms with E-state index in [4.69, 9.17) is 5.26 Å². The molecule has 1 aromatic carbocycles. The molecule has 0 amide bonds. The normalized spacial score (nSPS) is 11.3. The molecule has 0 fully saturated rings. The minimum absolute atomic E-state index is 0.123. The Morgan fingerprint density at radius 1 is 1.16 bits per heavy atom. The number of fused-ring (bicyclic) bond motifs is 1. The molecule has 3 aromatic heterocycles. The zero-order chi connectivity index (χ0) is 22.2. The van der Waals surface area contributed by atoms with E-state index >= 15 is 4.39 Å². The summed E-state index contributed by atoms with van der Waals surface area (Å²) in [5.41, 5.74) is -1.30. The summed E-state index contributed by atoms with van der Waals surface area (Å²) in [4.78, 5) is 23.3. The van der Waals surface area contributed by atoms with Crippen LogP contribution in [-0.2, 0) is 10.0 Å². The van der Waals surface area contributed by atoms with Crippen LogP contribution in [-0.4, -0.2) is 29.2 Å². The van der Waals surface area contributed by atoms with Crippen molar-refractivity contribution < 1.29 is 22.0 Å². The van der Waals surface area contributed by atoms with Crippen molar-refractivity contribution in [3.63, 3.8) is 0 Å². The second kappa shape index (κ2) is 7.58. The van der Waals surface area contributed by atoms with Crippen molar-refractivity contribution in [2.24, 2.45) is 0 Å². The third-order valence-electron chi connectivity index (χ3n) is 4.38. The number of carbonyl (C=O) groups is 1. The number of sulfonamides is 1. The van der Waals surface area contributed by atoms with Gasteiger partial charge in [-0.2, -0.15) is 13.7 Å². The van der Waals surface area contributed by atoms with Crippen molar-refractivity contribution in [3.05, 3.63) is 83.3 Å². The molecule has 8 nitrogen and oxygen atoms in total. The number of carbonyl (C=O) groups excluding carboxylic acids is 1. The molecule has 11 heteroatoms. The lowest BCUT2D eigenvalue weighted by molar-refractivity contribution is 0.103. The standard InChI is InChI=1S/C20H11F2N5O3S/c21-14-4-5-15(27-31(29,30)16-3-1-2-6-24-16)18(22)17(14)19(28)13-10-26-20-12(13)7-11(8-23)9-25-20/h1-7,9-10,27H,(H,25,26). The number of aromatic nitrogens is 3. The van der Waals surface area contributed by atoms with Crippen molar-refractivity contribution in [2.45, 2.75) is 5.03 Å². The molecule has 0 spiro atoms. The van der Waals surface area contributed by atoms with Crippen molar-refractivity contribution in [3.8, 4) is 6.07 Å². The van der Waals surface area contributed by atoms with E-state index < -0.39 is 38.7 Å². The van der Waals surface area contributed by atoms with Gasteiger partial charge in [0.2, 0.25) is 5.78 Å². The lowest BCUT2D eigenvalue weighted by Crippen LogP contribution is -2.17. The molecule has 31 heavy (non-hydrogen) atoms. The molecule has 0 bridgehead atoms. The van der Waals surface area contributed by atoms with Gasteiger partial charge in [-0.1, -0.05) is 6.07 Å². The summed E-state index contributed by atoms with van der Waals surface area (Å²) < 4.78 is 56.4. The number of nitrogens with one attached hydrogen (secondary N) is 2. The average molecular weight is 439 g/mol. The molecule has 4 rings (SSSR count). The summed E-state index contributed by atoms with van der Waals surface area (Å²) in [6.45, 7) is 0. The first-order valence-electron chi connectivity index (χ1n) is 8.65. The number of nitrogens with zero attached hydrogens (tertiary/aromatic N) is 3. The first-order valence-corrected chi connectivity index (χ1v) is 10.1. The maximum atomic E-state index is 15.1. The number of halogens is 2. The quantitative estimate of drug-likeness (QED) is 0.460. The molecular formula is C20H11F2N5O3S. The van der Waals surface area contributed by atoms with Crippen molar-refractivity contribution in [2.75, 3.05) is 4.72 Å². The van der Waals surface area contributed by atoms with E-state index in [-0.39, 0.29) is 27.2 Å². The second-order valence-corrected chi connectivity index (χ2v) is 7.95. The van der Waals surface area contributed by atoms with Gasteiger partial charge in [0, 0.05) is 29.5 Å². The van der Waals surface area contributed by atoms with Gasteiger partial charge in [0.1, 0.15) is 17.5 Å². The summed E-state index contributed by atoms with van der Waals surface area (Å²) in [5, 5.41) is 8.85. The summed E-state index contributed by atoms with van der Waals surface area (Å²) in [5.74, 6) is -3.61. The monoisotopic (exact) mass is 439 g/mol. The van der Waals surface area contributed by atoms with Gasteiger partial charge in [-0.15, -0.1) is 0 Å². The average Bonchev–Trinajstić information content (AvgIpc) is 3.19. The number of nitriles is 1. The molecule has 0 radical (unpaired) electrons. The number of aromatic amines is 1. The summed E-state index contributed by atoms with van der Waals surface area (Å²) in [6.07, 6.45) is 3.73. The van der Waals surface area contributed by atoms with E-state index in [1.807, 2.05) is 10.8 Å². The minimum Gasteiger partial charge on any atom is -0.345 e. The Hall–Kier alpha value is -4.17. The third kappa shape index (κ3) is 3.60. The Labute approximate surface area is 174 Å². The van der Waals surface area contributed by atoms with Crippen LogP contribution >= 0.6 is 0 Å². The van der Waals surface area contributed by atoms with Gasteiger partial charge in [-0.3, -0.25) is 9.52 Å². The fourth-order valence-corrected chi connectivity index (χ4v) is 3.94. The Balaban J connectivity index is 1.78. The van der Waals surface area contributed by atoms with E-state index in [9.17, 15) is 17.6 Å². The Kier molecular flexibility index (Phi) is 4.92. The number of H-pyrrole nitrogens is 1. The molecule has 0 aliphatic carbocycles. The topological polar surface area (TPSA) is 129 Å². The zero-order valence-electron chi connectivity index (χ0n) is 15.4. The second-order valence-electron chi connectivity index (χ2n) is 6.32. The first kappa shape index (κ1) is 20.1. The highest BCUT2D eigenvalue weighted by molar-refractivity contribution is 7.92. The predicted molar refractivity (Wildman–Crippen MR) is 106 cm³/mol. The van der Waals surface area contributed by atoms with Crippen LogP contribution in [0.5, 0.6) is 0 Å². The highest BCUT2D eigenvalue weighted by Gasteiger charge is 2.26. The van der Waals surface area contributed by atoms with Gasteiger partial charge >= 0.3 is 0 Å². The molecule has 2 N–H and O–H groups in total. The molecule has 0 saturated carbocycles. The molecule has 3 heterocycles. The van der Waals surface area contributed by atoms with E-state index in [1.165, 1.54) is 42.9 Å². The van der Waals surface area contributed by atoms with Crippen LogP contribution in [0, 0.1) is 23.0 Å². The Morgan fingerprint density at radius 3 is 2.68 bits per heavy atom. The van der Waals surface area contributed by atoms with Crippen LogP contribution in [0.15, 0.2) is 60.0 Å². The lowest BCUT2D eigenvalue weighted by atomic mass is 10.0. The van der Waals surface area contributed by atoms with Crippen LogP contribution < -0.4 is 4.72 Å². The van der Waals surface area contributed by atoms with Gasteiger partial charge in [0.25, 0.3) is 10.0 Å². The maximum absolute atomic E-state index is 15.1. The van der Waals surface area contributed by atoms with E-state index in [1.54, 1.807) is 0 Å². The van der Waals surface area contributed by atoms with Crippen LogP contribution in [0.1, 0.15) is 21.5 Å². The van der Waals surface area contributed by atoms with Crippen LogP contribution in [0.4, 0.5) is 14.5 Å². The molecule has 0 atom stereocenters. The smallest absolute Gasteiger partial charge is 0.279 e. The van der Waals surface area contributed by atoms with Crippen LogP contribution in [0.3, 0.4) is 0 Å². The van der Waals surface area contributed by atoms with E-state index in [0.717, 1.165) is 12.1 Å². The highest BCUT2D eigenvalue weighted by atomic mass is 32.2. The summed E-state index contributed by atoms with van der Waals surface area (Å²) >= 11 is 0. The molecule has 4 aromatic rings. The predicted octanol–water partition coefficient (Wildman–Crippen LogP) is 3.14. The highest BCUT2D eigenvalue weighted by Crippen LogP contribution is 2.28. The Bertz CT molecular complexity index is 1480. The van der Waals surface area contributed by atoms with Gasteiger partial charge in [0.05, 0.1) is 16.8 Å². The molecule has 0 saturated heterocycles. The van der Waals surface area contributed by atoms with E-state index in [2.05, 4.69) is 15.0 Å². The number of rotatable bonds is 5.